The van der Waals surface area contributed by atoms with Crippen LogP contribution in [0, 0.1) is 34.5 Å². The van der Waals surface area contributed by atoms with E-state index in [1.54, 1.807) is 4.90 Å². The Kier molecular flexibility index (Phi) is 5.28. The lowest BCUT2D eigenvalue weighted by molar-refractivity contribution is -0.341. The molecule has 4 bridgehead atoms. The Morgan fingerprint density at radius 1 is 1.06 bits per heavy atom. The maximum absolute atomic E-state index is 13.6. The van der Waals surface area contributed by atoms with Gasteiger partial charge in [0.1, 0.15) is 24.4 Å². The third kappa shape index (κ3) is 3.53. The SMILES string of the molecule is N#C[C@@H]1C[C@@H]2C[C@@H]2N1C(=O)[C@@H](N)C12C[C@@H]3C[C@@H](CC(O[C@H]4O[C@@H](C(=O)O)[C@H](O)C(O)[C@@H]4O)(C3)C1)C2. The van der Waals surface area contributed by atoms with Crippen LogP contribution >= 0.6 is 0 Å². The Hall–Kier alpha value is -1.81. The molecule has 0 radical (unpaired) electrons. The maximum atomic E-state index is 13.6. The second-order valence-electron chi connectivity index (χ2n) is 12.0. The van der Waals surface area contributed by atoms with Crippen LogP contribution < -0.4 is 5.73 Å². The third-order valence-corrected chi connectivity index (χ3v) is 9.67. The molecule has 2 saturated heterocycles. The Morgan fingerprint density at radius 3 is 2.37 bits per heavy atom. The minimum atomic E-state index is -1.78. The predicted octanol–water partition coefficient (Wildman–Crippen LogP) is -0.926. The molecule has 11 heteroatoms. The highest BCUT2D eigenvalue weighted by Gasteiger charge is 2.64. The number of hydrogen-bond acceptors (Lipinski definition) is 9. The normalized spacial score (nSPS) is 52.6. The molecule has 35 heavy (non-hydrogen) atoms. The van der Waals surface area contributed by atoms with Gasteiger partial charge in [-0.3, -0.25) is 4.79 Å². The van der Waals surface area contributed by atoms with Crippen LogP contribution in [0.5, 0.6) is 0 Å². The van der Waals surface area contributed by atoms with Gasteiger partial charge in [-0.05, 0) is 74.5 Å². The second-order valence-corrected chi connectivity index (χ2v) is 12.0. The molecule has 0 aromatic carbocycles. The maximum Gasteiger partial charge on any atom is 0.335 e. The van der Waals surface area contributed by atoms with E-state index in [0.717, 1.165) is 25.7 Å². The van der Waals surface area contributed by atoms with E-state index < -0.39 is 59.8 Å². The zero-order valence-corrected chi connectivity index (χ0v) is 19.4. The number of fused-ring (bicyclic) bond motifs is 1. The Labute approximate surface area is 202 Å². The molecule has 0 aromatic heterocycles. The van der Waals surface area contributed by atoms with Crippen molar-refractivity contribution in [2.45, 2.75) is 106 Å². The average Bonchev–Trinajstić information content (AvgIpc) is 3.46. The summed E-state index contributed by atoms with van der Waals surface area (Å²) in [7, 11) is 0. The van der Waals surface area contributed by atoms with E-state index in [-0.39, 0.29) is 23.8 Å². The lowest BCUT2D eigenvalue weighted by Gasteiger charge is -2.63. The number of amides is 1. The lowest BCUT2D eigenvalue weighted by atomic mass is 9.46. The van der Waals surface area contributed by atoms with E-state index in [2.05, 4.69) is 6.07 Å². The lowest BCUT2D eigenvalue weighted by Crippen LogP contribution is -2.67. The Bertz CT molecular complexity index is 955. The zero-order valence-electron chi connectivity index (χ0n) is 19.4. The average molecular weight is 492 g/mol. The summed E-state index contributed by atoms with van der Waals surface area (Å²) >= 11 is 0. The first-order valence-corrected chi connectivity index (χ1v) is 12.6. The number of carboxylic acids is 1. The Morgan fingerprint density at radius 2 is 1.74 bits per heavy atom. The minimum Gasteiger partial charge on any atom is -0.479 e. The fraction of sp³-hybridized carbons (Fsp3) is 0.875. The van der Waals surface area contributed by atoms with Crippen molar-refractivity contribution in [1.82, 2.24) is 4.90 Å². The standard InChI is InChI=1S/C24H33N3O8/c25-8-13-2-12-3-14(12)27(13)20(31)19(26)23-4-10-1-11(5-23)7-24(6-10,9-23)35-22-17(30)15(28)16(29)18(34-22)21(32)33/h10-19,22,28-30H,1-7,9,26H2,(H,32,33)/t10-,11+,12-,13+,14+,15?,16-,17+,18-,19-,22-,23?,24?/m1/s1. The van der Waals surface area contributed by atoms with Crippen molar-refractivity contribution in [3.63, 3.8) is 0 Å². The van der Waals surface area contributed by atoms with Crippen LogP contribution in [0.25, 0.3) is 0 Å². The fourth-order valence-electron chi connectivity index (χ4n) is 8.46. The molecule has 11 nitrogen and oxygen atoms in total. The summed E-state index contributed by atoms with van der Waals surface area (Å²) in [4.78, 5) is 26.9. The molecule has 13 atom stereocenters. The van der Waals surface area contributed by atoms with Crippen LogP contribution in [0.3, 0.4) is 0 Å². The number of piperidine rings is 1. The van der Waals surface area contributed by atoms with Crippen molar-refractivity contribution in [2.24, 2.45) is 28.9 Å². The highest BCUT2D eigenvalue weighted by atomic mass is 16.7. The summed E-state index contributed by atoms with van der Waals surface area (Å²) in [6, 6.07) is 1.17. The first-order chi connectivity index (χ1) is 16.6. The van der Waals surface area contributed by atoms with Gasteiger partial charge in [0.15, 0.2) is 12.4 Å². The number of carbonyl (C=O) groups excluding carboxylic acids is 1. The number of aliphatic hydroxyl groups is 3. The van der Waals surface area contributed by atoms with Crippen LogP contribution in [0.1, 0.15) is 51.4 Å². The highest BCUT2D eigenvalue weighted by Crippen LogP contribution is 2.64. The monoisotopic (exact) mass is 491 g/mol. The molecular formula is C24H33N3O8. The molecule has 7 aliphatic rings. The molecule has 0 spiro atoms. The van der Waals surface area contributed by atoms with E-state index in [1.807, 2.05) is 0 Å². The van der Waals surface area contributed by atoms with Crippen molar-refractivity contribution in [2.75, 3.05) is 0 Å². The number of hydrogen-bond donors (Lipinski definition) is 5. The number of aliphatic carboxylic acids is 1. The largest absolute Gasteiger partial charge is 0.479 e. The molecule has 1 amide bonds. The van der Waals surface area contributed by atoms with Gasteiger partial charge in [0, 0.05) is 6.04 Å². The zero-order chi connectivity index (χ0) is 24.9. The van der Waals surface area contributed by atoms with Gasteiger partial charge in [0.25, 0.3) is 0 Å². The molecule has 0 aromatic rings. The topological polar surface area (TPSA) is 187 Å². The van der Waals surface area contributed by atoms with Crippen LogP contribution in [-0.4, -0.2) is 91.6 Å². The minimum absolute atomic E-state index is 0.115. The predicted molar refractivity (Wildman–Crippen MR) is 116 cm³/mol. The summed E-state index contributed by atoms with van der Waals surface area (Å²) < 4.78 is 11.7. The third-order valence-electron chi connectivity index (χ3n) is 9.67. The molecule has 2 aliphatic heterocycles. The smallest absolute Gasteiger partial charge is 0.335 e. The fourth-order valence-corrected chi connectivity index (χ4v) is 8.46. The van der Waals surface area contributed by atoms with Gasteiger partial charge in [0.05, 0.1) is 17.7 Å². The number of likely N-dealkylation sites (tertiary alicyclic amines) is 1. The van der Waals surface area contributed by atoms with Crippen molar-refractivity contribution < 1.29 is 39.5 Å². The van der Waals surface area contributed by atoms with E-state index in [0.29, 0.717) is 31.6 Å². The summed E-state index contributed by atoms with van der Waals surface area (Å²) in [6.07, 6.45) is -2.28. The molecule has 192 valence electrons. The van der Waals surface area contributed by atoms with Gasteiger partial charge in [-0.2, -0.15) is 5.26 Å². The van der Waals surface area contributed by atoms with Gasteiger partial charge >= 0.3 is 5.97 Å². The summed E-state index contributed by atoms with van der Waals surface area (Å²) in [5.41, 5.74) is 5.43. The van der Waals surface area contributed by atoms with Crippen molar-refractivity contribution in [1.29, 1.82) is 5.26 Å². The number of carboxylic acid groups (broad SMARTS) is 1. The number of nitrogens with zero attached hydrogens (tertiary/aromatic N) is 2. The van der Waals surface area contributed by atoms with Crippen molar-refractivity contribution in [3.05, 3.63) is 0 Å². The molecule has 5 saturated carbocycles. The first-order valence-electron chi connectivity index (χ1n) is 12.6. The number of nitriles is 1. The van der Waals surface area contributed by atoms with E-state index in [4.69, 9.17) is 15.2 Å². The van der Waals surface area contributed by atoms with Crippen LogP contribution in [0.15, 0.2) is 0 Å². The van der Waals surface area contributed by atoms with Crippen molar-refractivity contribution >= 4 is 11.9 Å². The van der Waals surface area contributed by atoms with Gasteiger partial charge in [-0.1, -0.05) is 0 Å². The number of nitrogens with two attached hydrogens (primary N) is 1. The van der Waals surface area contributed by atoms with E-state index >= 15 is 0 Å². The molecule has 3 unspecified atom stereocenters. The van der Waals surface area contributed by atoms with Gasteiger partial charge in [-0.25, -0.2) is 4.79 Å². The van der Waals surface area contributed by atoms with Crippen LogP contribution in [-0.2, 0) is 19.1 Å². The van der Waals surface area contributed by atoms with Gasteiger partial charge < -0.3 is 40.5 Å². The summed E-state index contributed by atoms with van der Waals surface area (Å²) in [5.74, 6) is -0.697. The molecule has 7 rings (SSSR count). The number of aliphatic hydroxyl groups excluding tert-OH is 3. The van der Waals surface area contributed by atoms with Crippen LogP contribution in [0.2, 0.25) is 0 Å². The van der Waals surface area contributed by atoms with Gasteiger partial charge in [-0.15, -0.1) is 0 Å². The van der Waals surface area contributed by atoms with E-state index in [1.165, 1.54) is 0 Å². The summed E-state index contributed by atoms with van der Waals surface area (Å²) in [5, 5.41) is 49.7. The van der Waals surface area contributed by atoms with E-state index in [9.17, 15) is 35.3 Å². The molecule has 5 aliphatic carbocycles. The quantitative estimate of drug-likeness (QED) is 0.322. The first kappa shape index (κ1) is 23.6. The van der Waals surface area contributed by atoms with Crippen molar-refractivity contribution in [3.8, 4) is 6.07 Å². The Balaban J connectivity index is 1.24. The highest BCUT2D eigenvalue weighted by molar-refractivity contribution is 5.84. The molecule has 6 N–H and O–H groups in total. The van der Waals surface area contributed by atoms with Crippen LogP contribution in [0.4, 0.5) is 0 Å². The second kappa shape index (κ2) is 7.84. The summed E-state index contributed by atoms with van der Waals surface area (Å²) in [6.45, 7) is 0. The van der Waals surface area contributed by atoms with Gasteiger partial charge in [0.2, 0.25) is 5.91 Å². The molecular weight excluding hydrogens is 458 g/mol. The number of ether oxygens (including phenoxy) is 2. The molecule has 2 heterocycles. The number of carbonyl (C=O) groups is 2. The number of rotatable bonds is 5. The molecule has 7 fully saturated rings.